The fourth-order valence-corrected chi connectivity index (χ4v) is 2.33. The van der Waals surface area contributed by atoms with Gasteiger partial charge in [0.2, 0.25) is 0 Å². The Bertz CT molecular complexity index is 676. The first-order valence-corrected chi connectivity index (χ1v) is 6.63. The van der Waals surface area contributed by atoms with Gasteiger partial charge in [0.1, 0.15) is 12.4 Å². The summed E-state index contributed by atoms with van der Waals surface area (Å²) in [4.78, 5) is 0. The quantitative estimate of drug-likeness (QED) is 0.687. The van der Waals surface area contributed by atoms with Crippen molar-refractivity contribution in [3.8, 4) is 5.75 Å². The lowest BCUT2D eigenvalue weighted by molar-refractivity contribution is 0.300. The van der Waals surface area contributed by atoms with E-state index in [9.17, 15) is 0 Å². The number of para-hydroxylation sites is 1. The number of hydrogen-bond donors (Lipinski definition) is 0. The smallest absolute Gasteiger partial charge is 0.119 e. The summed E-state index contributed by atoms with van der Waals surface area (Å²) in [7, 11) is 0. The van der Waals surface area contributed by atoms with E-state index in [0.29, 0.717) is 6.61 Å². The topological polar surface area (TPSA) is 14.2 Å². The first-order chi connectivity index (χ1) is 9.33. The molecule has 2 nitrogen and oxygen atoms in total. The van der Waals surface area contributed by atoms with Crippen LogP contribution in [0.25, 0.3) is 10.9 Å². The molecular weight excluding hydrogens is 258 g/mol. The molecule has 1 aromatic heterocycles. The average Bonchev–Trinajstić information content (AvgIpc) is 2.82. The van der Waals surface area contributed by atoms with Crippen LogP contribution in [0.2, 0.25) is 5.02 Å². The fraction of sp³-hybridized carbons (Fsp3) is 0.125. The molecule has 0 bridgehead atoms. The Morgan fingerprint density at radius 1 is 1.00 bits per heavy atom. The molecule has 0 aliphatic heterocycles. The van der Waals surface area contributed by atoms with Crippen LogP contribution in [0.15, 0.2) is 60.8 Å². The lowest BCUT2D eigenvalue weighted by Crippen LogP contribution is -2.06. The van der Waals surface area contributed by atoms with Crippen molar-refractivity contribution >= 4 is 22.5 Å². The average molecular weight is 272 g/mol. The summed E-state index contributed by atoms with van der Waals surface area (Å²) in [6, 6.07) is 17.9. The highest BCUT2D eigenvalue weighted by Crippen LogP contribution is 2.20. The molecule has 2 aromatic carbocycles. The Morgan fingerprint density at radius 2 is 1.84 bits per heavy atom. The van der Waals surface area contributed by atoms with Gasteiger partial charge in [-0.05, 0) is 36.4 Å². The molecule has 3 heteroatoms. The maximum absolute atomic E-state index is 5.98. The fourth-order valence-electron chi connectivity index (χ4n) is 2.14. The zero-order valence-electron chi connectivity index (χ0n) is 10.4. The molecule has 0 N–H and O–H groups in total. The van der Waals surface area contributed by atoms with Gasteiger partial charge in [0, 0.05) is 22.1 Å². The number of hydrogen-bond acceptors (Lipinski definition) is 1. The van der Waals surface area contributed by atoms with Crippen LogP contribution in [0.3, 0.4) is 0 Å². The molecule has 0 spiro atoms. The van der Waals surface area contributed by atoms with Gasteiger partial charge in [0.25, 0.3) is 0 Å². The molecule has 0 amide bonds. The van der Waals surface area contributed by atoms with Gasteiger partial charge in [-0.15, -0.1) is 0 Å². The maximum atomic E-state index is 5.98. The predicted octanol–water partition coefficient (Wildman–Crippen LogP) is 4.37. The van der Waals surface area contributed by atoms with E-state index in [4.69, 9.17) is 16.3 Å². The van der Waals surface area contributed by atoms with Gasteiger partial charge in [-0.3, -0.25) is 0 Å². The molecule has 0 radical (unpaired) electrons. The van der Waals surface area contributed by atoms with Gasteiger partial charge in [0.15, 0.2) is 0 Å². The molecular formula is C16H14ClNO. The molecule has 0 fully saturated rings. The summed E-state index contributed by atoms with van der Waals surface area (Å²) in [5, 5.41) is 1.93. The van der Waals surface area contributed by atoms with Crippen molar-refractivity contribution in [1.82, 2.24) is 4.57 Å². The Balaban J connectivity index is 1.69. The number of halogens is 1. The normalized spacial score (nSPS) is 10.8. The Hall–Kier alpha value is -1.93. The standard InChI is InChI=1S/C16H14ClNO/c17-14-6-7-16-13(12-14)8-9-18(16)10-11-19-15-4-2-1-3-5-15/h1-9,12H,10-11H2. The molecule has 0 aliphatic rings. The van der Waals surface area contributed by atoms with Crippen molar-refractivity contribution in [3.05, 3.63) is 65.8 Å². The molecule has 0 aliphatic carbocycles. The van der Waals surface area contributed by atoms with Crippen LogP contribution >= 0.6 is 11.6 Å². The van der Waals surface area contributed by atoms with Crippen molar-refractivity contribution in [2.24, 2.45) is 0 Å². The minimum absolute atomic E-state index is 0.649. The number of benzene rings is 2. The van der Waals surface area contributed by atoms with E-state index in [0.717, 1.165) is 22.7 Å². The van der Waals surface area contributed by atoms with E-state index >= 15 is 0 Å². The van der Waals surface area contributed by atoms with Crippen molar-refractivity contribution in [1.29, 1.82) is 0 Å². The van der Waals surface area contributed by atoms with E-state index in [1.54, 1.807) is 0 Å². The molecule has 19 heavy (non-hydrogen) atoms. The number of nitrogens with zero attached hydrogens (tertiary/aromatic N) is 1. The number of ether oxygens (including phenoxy) is 1. The van der Waals surface area contributed by atoms with Crippen LogP contribution < -0.4 is 4.74 Å². The van der Waals surface area contributed by atoms with Crippen LogP contribution in [0, 0.1) is 0 Å². The Labute approximate surface area is 117 Å². The van der Waals surface area contributed by atoms with Crippen LogP contribution in [0.5, 0.6) is 5.75 Å². The van der Waals surface area contributed by atoms with E-state index in [2.05, 4.69) is 16.8 Å². The largest absolute Gasteiger partial charge is 0.492 e. The second-order valence-electron chi connectivity index (χ2n) is 4.37. The summed E-state index contributed by atoms with van der Waals surface area (Å²) >= 11 is 5.98. The first-order valence-electron chi connectivity index (χ1n) is 6.25. The zero-order valence-corrected chi connectivity index (χ0v) is 11.2. The monoisotopic (exact) mass is 271 g/mol. The third-order valence-corrected chi connectivity index (χ3v) is 3.31. The Morgan fingerprint density at radius 3 is 2.68 bits per heavy atom. The zero-order chi connectivity index (χ0) is 13.1. The predicted molar refractivity (Wildman–Crippen MR) is 78.9 cm³/mol. The molecule has 1 heterocycles. The highest BCUT2D eigenvalue weighted by molar-refractivity contribution is 6.31. The molecule has 0 saturated heterocycles. The third-order valence-electron chi connectivity index (χ3n) is 3.08. The van der Waals surface area contributed by atoms with Crippen molar-refractivity contribution < 1.29 is 4.74 Å². The highest BCUT2D eigenvalue weighted by atomic mass is 35.5. The van der Waals surface area contributed by atoms with E-state index in [1.165, 1.54) is 5.52 Å². The summed E-state index contributed by atoms with van der Waals surface area (Å²) in [5.74, 6) is 0.905. The second kappa shape index (κ2) is 5.37. The van der Waals surface area contributed by atoms with Gasteiger partial charge >= 0.3 is 0 Å². The maximum Gasteiger partial charge on any atom is 0.119 e. The molecule has 96 valence electrons. The number of aromatic nitrogens is 1. The second-order valence-corrected chi connectivity index (χ2v) is 4.81. The van der Waals surface area contributed by atoms with Crippen LogP contribution in [-0.4, -0.2) is 11.2 Å². The lowest BCUT2D eigenvalue weighted by Gasteiger charge is -2.08. The number of rotatable bonds is 4. The molecule has 0 unspecified atom stereocenters. The van der Waals surface area contributed by atoms with Gasteiger partial charge in [-0.1, -0.05) is 29.8 Å². The summed E-state index contributed by atoms with van der Waals surface area (Å²) in [6.45, 7) is 1.47. The number of fused-ring (bicyclic) bond motifs is 1. The van der Waals surface area contributed by atoms with Gasteiger partial charge in [-0.25, -0.2) is 0 Å². The van der Waals surface area contributed by atoms with E-state index in [-0.39, 0.29) is 0 Å². The van der Waals surface area contributed by atoms with Gasteiger partial charge in [0.05, 0.1) is 6.54 Å². The summed E-state index contributed by atoms with van der Waals surface area (Å²) < 4.78 is 7.88. The molecule has 0 saturated carbocycles. The third kappa shape index (κ3) is 2.74. The van der Waals surface area contributed by atoms with Crippen LogP contribution in [0.1, 0.15) is 0 Å². The van der Waals surface area contributed by atoms with E-state index in [1.807, 2.05) is 48.5 Å². The van der Waals surface area contributed by atoms with Gasteiger partial charge < -0.3 is 9.30 Å². The van der Waals surface area contributed by atoms with Crippen molar-refractivity contribution in [3.63, 3.8) is 0 Å². The molecule has 3 aromatic rings. The minimum Gasteiger partial charge on any atom is -0.492 e. The SMILES string of the molecule is Clc1ccc2c(ccn2CCOc2ccccc2)c1. The van der Waals surface area contributed by atoms with Crippen molar-refractivity contribution in [2.45, 2.75) is 6.54 Å². The molecule has 0 atom stereocenters. The summed E-state index contributed by atoms with van der Waals surface area (Å²) in [6.07, 6.45) is 2.06. The van der Waals surface area contributed by atoms with E-state index < -0.39 is 0 Å². The molecule has 3 rings (SSSR count). The summed E-state index contributed by atoms with van der Waals surface area (Å²) in [5.41, 5.74) is 1.18. The van der Waals surface area contributed by atoms with Crippen LogP contribution in [0.4, 0.5) is 0 Å². The van der Waals surface area contributed by atoms with Crippen molar-refractivity contribution in [2.75, 3.05) is 6.61 Å². The minimum atomic E-state index is 0.649. The van der Waals surface area contributed by atoms with Gasteiger partial charge in [-0.2, -0.15) is 0 Å². The highest BCUT2D eigenvalue weighted by Gasteiger charge is 2.01. The van der Waals surface area contributed by atoms with Crippen LogP contribution in [-0.2, 0) is 6.54 Å². The lowest BCUT2D eigenvalue weighted by atomic mass is 10.2. The first kappa shape index (κ1) is 12.1. The Kier molecular flexibility index (Phi) is 3.43.